The largest absolute Gasteiger partial charge is 0.431 e. The number of rotatable bonds is 1. The van der Waals surface area contributed by atoms with Crippen molar-refractivity contribution >= 4 is 11.6 Å². The molecule has 8 heteroatoms. The molecule has 1 N–H and O–H groups in total. The lowest BCUT2D eigenvalue weighted by Crippen LogP contribution is -2.19. The molecule has 0 aliphatic heterocycles. The second kappa shape index (κ2) is 3.80. The predicted molar refractivity (Wildman–Crippen MR) is 42.0 cm³/mol. The second-order valence-electron chi connectivity index (χ2n) is 2.58. The van der Waals surface area contributed by atoms with Crippen LogP contribution in [0.1, 0.15) is 17.7 Å². The van der Waals surface area contributed by atoms with Crippen molar-refractivity contribution in [2.45, 2.75) is 12.6 Å². The third-order valence-corrected chi connectivity index (χ3v) is 1.83. The molecule has 0 saturated carbocycles. The molecule has 1 aromatic rings. The van der Waals surface area contributed by atoms with Gasteiger partial charge in [0.05, 0.1) is 0 Å². The van der Waals surface area contributed by atoms with Crippen LogP contribution < -0.4 is 5.56 Å². The van der Waals surface area contributed by atoms with Crippen LogP contribution in [-0.2, 0) is 6.18 Å². The molecule has 0 bridgehead atoms. The number of hydrogen-bond donors (Lipinski definition) is 1. The summed E-state index contributed by atoms with van der Waals surface area (Å²) in [4.78, 5) is 12.0. The fourth-order valence-corrected chi connectivity index (χ4v) is 1.09. The molecule has 0 fully saturated rings. The first-order valence-electron chi connectivity index (χ1n) is 3.51. The van der Waals surface area contributed by atoms with E-state index < -0.39 is 34.4 Å². The van der Waals surface area contributed by atoms with E-state index in [2.05, 4.69) is 0 Å². The highest BCUT2D eigenvalue weighted by molar-refractivity contribution is 6.30. The summed E-state index contributed by atoms with van der Waals surface area (Å²) in [7, 11) is 0. The Morgan fingerprint density at radius 2 is 1.87 bits per heavy atom. The highest BCUT2D eigenvalue weighted by Crippen LogP contribution is 2.34. The van der Waals surface area contributed by atoms with Crippen LogP contribution in [0.2, 0.25) is 5.02 Å². The van der Waals surface area contributed by atoms with Crippen LogP contribution in [0.4, 0.5) is 22.0 Å². The van der Waals surface area contributed by atoms with E-state index in [1.807, 2.05) is 0 Å². The van der Waals surface area contributed by atoms with Crippen LogP contribution in [0.5, 0.6) is 0 Å². The maximum atomic E-state index is 12.2. The summed E-state index contributed by atoms with van der Waals surface area (Å²) in [6.07, 6.45) is -8.41. The topological polar surface area (TPSA) is 32.9 Å². The second-order valence-corrected chi connectivity index (χ2v) is 2.98. The summed E-state index contributed by atoms with van der Waals surface area (Å²) >= 11 is 5.14. The van der Waals surface area contributed by atoms with Gasteiger partial charge in [-0.15, -0.1) is 0 Å². The lowest BCUT2D eigenvalue weighted by Gasteiger charge is -2.11. The van der Waals surface area contributed by atoms with E-state index in [9.17, 15) is 26.7 Å². The molecule has 0 aliphatic carbocycles. The Kier molecular flexibility index (Phi) is 3.03. The van der Waals surface area contributed by atoms with E-state index >= 15 is 0 Å². The van der Waals surface area contributed by atoms with Gasteiger partial charge in [0.1, 0.15) is 10.7 Å². The number of aromatic amines is 1. The van der Waals surface area contributed by atoms with E-state index in [0.29, 0.717) is 6.07 Å². The summed E-state index contributed by atoms with van der Waals surface area (Å²) in [6, 6.07) is 0.313. The van der Waals surface area contributed by atoms with Crippen molar-refractivity contribution in [3.63, 3.8) is 0 Å². The summed E-state index contributed by atoms with van der Waals surface area (Å²) in [5.74, 6) is 0. The van der Waals surface area contributed by atoms with Crippen LogP contribution in [-0.4, -0.2) is 4.98 Å². The summed E-state index contributed by atoms with van der Waals surface area (Å²) in [5, 5.41) is -0.710. The van der Waals surface area contributed by atoms with Crippen LogP contribution in [0, 0.1) is 0 Å². The molecule has 1 heterocycles. The first-order valence-corrected chi connectivity index (χ1v) is 3.89. The van der Waals surface area contributed by atoms with Gasteiger partial charge in [0, 0.05) is 5.56 Å². The van der Waals surface area contributed by atoms with Crippen molar-refractivity contribution in [2.75, 3.05) is 0 Å². The van der Waals surface area contributed by atoms with Gasteiger partial charge < -0.3 is 4.98 Å². The Morgan fingerprint density at radius 3 is 2.27 bits per heavy atom. The normalized spacial score (nSPS) is 12.2. The Bertz CT molecular complexity index is 424. The van der Waals surface area contributed by atoms with Gasteiger partial charge in [-0.1, -0.05) is 11.6 Å². The number of aromatic nitrogens is 1. The van der Waals surface area contributed by atoms with Gasteiger partial charge in [-0.2, -0.15) is 13.2 Å². The Labute approximate surface area is 84.7 Å². The Balaban J connectivity index is 3.49. The van der Waals surface area contributed by atoms with E-state index in [1.54, 1.807) is 0 Å². The fraction of sp³-hybridized carbons (Fsp3) is 0.286. The third kappa shape index (κ3) is 2.47. The van der Waals surface area contributed by atoms with Crippen LogP contribution in [0.25, 0.3) is 0 Å². The minimum Gasteiger partial charge on any atom is -0.317 e. The first kappa shape index (κ1) is 12.0. The molecule has 0 aliphatic rings. The molecule has 0 unspecified atom stereocenters. The predicted octanol–water partition coefficient (Wildman–Crippen LogP) is 2.98. The van der Waals surface area contributed by atoms with Crippen molar-refractivity contribution < 1.29 is 22.0 Å². The van der Waals surface area contributed by atoms with Crippen LogP contribution in [0.15, 0.2) is 10.9 Å². The van der Waals surface area contributed by atoms with Gasteiger partial charge in [0.2, 0.25) is 0 Å². The molecule has 0 spiro atoms. The zero-order valence-electron chi connectivity index (χ0n) is 6.83. The summed E-state index contributed by atoms with van der Waals surface area (Å²) in [6.45, 7) is 0. The van der Waals surface area contributed by atoms with Gasteiger partial charge in [-0.3, -0.25) is 4.79 Å². The molecule has 15 heavy (non-hydrogen) atoms. The molecule has 0 saturated heterocycles. The number of hydrogen-bond acceptors (Lipinski definition) is 1. The van der Waals surface area contributed by atoms with Crippen molar-refractivity contribution in [1.29, 1.82) is 0 Å². The average molecular weight is 248 g/mol. The van der Waals surface area contributed by atoms with Gasteiger partial charge >= 0.3 is 6.18 Å². The minimum absolute atomic E-state index is 0.313. The maximum absolute atomic E-state index is 12.2. The molecule has 1 aromatic heterocycles. The monoisotopic (exact) mass is 247 g/mol. The molecule has 0 amide bonds. The minimum atomic E-state index is -5.05. The van der Waals surface area contributed by atoms with E-state index in [1.165, 1.54) is 4.98 Å². The Morgan fingerprint density at radius 1 is 1.33 bits per heavy atom. The molecule has 84 valence electrons. The van der Waals surface area contributed by atoms with Crippen molar-refractivity contribution in [3.8, 4) is 0 Å². The lowest BCUT2D eigenvalue weighted by atomic mass is 10.2. The van der Waals surface area contributed by atoms with Gasteiger partial charge in [0.25, 0.3) is 12.0 Å². The van der Waals surface area contributed by atoms with E-state index in [0.717, 1.165) is 0 Å². The highest BCUT2D eigenvalue weighted by atomic mass is 35.5. The number of H-pyrrole nitrogens is 1. The molecular weight excluding hydrogens is 245 g/mol. The van der Waals surface area contributed by atoms with Crippen molar-refractivity contribution in [1.82, 2.24) is 4.98 Å². The first-order chi connectivity index (χ1) is 6.73. The standard InChI is InChI=1S/C7H3ClF5NO/c8-3-1-2(5(9)10)4(7(11,12)13)14-6(3)15/h1,5H,(H,14,15). The smallest absolute Gasteiger partial charge is 0.317 e. The zero-order chi connectivity index (χ0) is 11.8. The van der Waals surface area contributed by atoms with Crippen molar-refractivity contribution in [2.24, 2.45) is 0 Å². The summed E-state index contributed by atoms with van der Waals surface area (Å²) in [5.41, 5.74) is -4.37. The van der Waals surface area contributed by atoms with Gasteiger partial charge in [-0.05, 0) is 6.07 Å². The SMILES string of the molecule is O=c1[nH]c(C(F)(F)F)c(C(F)F)cc1Cl. The Hall–Kier alpha value is -1.11. The number of pyridine rings is 1. The summed E-state index contributed by atoms with van der Waals surface area (Å²) < 4.78 is 60.9. The van der Waals surface area contributed by atoms with Crippen LogP contribution in [0.3, 0.4) is 0 Å². The number of halogens is 6. The molecular formula is C7H3ClF5NO. The zero-order valence-corrected chi connectivity index (χ0v) is 7.59. The van der Waals surface area contributed by atoms with Gasteiger partial charge in [0.15, 0.2) is 0 Å². The maximum Gasteiger partial charge on any atom is 0.431 e. The van der Waals surface area contributed by atoms with E-state index in [-0.39, 0.29) is 0 Å². The number of alkyl halides is 5. The van der Waals surface area contributed by atoms with Crippen LogP contribution >= 0.6 is 11.6 Å². The number of nitrogens with one attached hydrogen (secondary N) is 1. The fourth-order valence-electron chi connectivity index (χ4n) is 0.926. The quantitative estimate of drug-likeness (QED) is 0.761. The van der Waals surface area contributed by atoms with E-state index in [4.69, 9.17) is 11.6 Å². The lowest BCUT2D eigenvalue weighted by molar-refractivity contribution is -0.143. The van der Waals surface area contributed by atoms with Crippen molar-refractivity contribution in [3.05, 3.63) is 32.7 Å². The molecule has 0 atom stereocenters. The molecule has 0 radical (unpaired) electrons. The third-order valence-electron chi connectivity index (χ3n) is 1.54. The molecule has 1 rings (SSSR count). The van der Waals surface area contributed by atoms with Gasteiger partial charge in [-0.25, -0.2) is 8.78 Å². The molecule has 2 nitrogen and oxygen atoms in total. The highest BCUT2D eigenvalue weighted by Gasteiger charge is 2.37. The molecule has 0 aromatic carbocycles. The average Bonchev–Trinajstić information content (AvgIpc) is 2.06.